The maximum Gasteiger partial charge on any atom is 0.251 e. The highest BCUT2D eigenvalue weighted by Crippen LogP contribution is 2.14. The first kappa shape index (κ1) is 11.5. The van der Waals surface area contributed by atoms with Crippen LogP contribution in [0.1, 0.15) is 15.9 Å². The predicted octanol–water partition coefficient (Wildman–Crippen LogP) is 0.953. The van der Waals surface area contributed by atoms with Crippen LogP contribution in [0.5, 0.6) is 0 Å². The third kappa shape index (κ3) is 2.95. The largest absolute Gasteiger partial charge is 0.398 e. The molecule has 0 aliphatic heterocycles. The number of anilines is 1. The van der Waals surface area contributed by atoms with Crippen LogP contribution in [0.2, 0.25) is 0 Å². The highest BCUT2D eigenvalue weighted by Gasteiger charge is 2.09. The van der Waals surface area contributed by atoms with Gasteiger partial charge in [-0.3, -0.25) is 4.79 Å². The number of nitrogens with two attached hydrogens (primary N) is 1. The fourth-order valence-electron chi connectivity index (χ4n) is 1.26. The van der Waals surface area contributed by atoms with Gasteiger partial charge in [0.25, 0.3) is 5.91 Å². The molecule has 1 rings (SSSR count). The van der Waals surface area contributed by atoms with Crippen LogP contribution in [0.3, 0.4) is 0 Å². The smallest absolute Gasteiger partial charge is 0.251 e. The minimum atomic E-state index is -0.114. The second kappa shape index (κ2) is 5.36. The number of methoxy groups -OCH3 is 1. The molecular weight excluding hydrogens is 192 g/mol. The van der Waals surface area contributed by atoms with Crippen molar-refractivity contribution in [3.8, 4) is 0 Å². The minimum absolute atomic E-state index is 0.114. The third-order valence-corrected chi connectivity index (χ3v) is 2.21. The molecule has 0 spiro atoms. The lowest BCUT2D eigenvalue weighted by molar-refractivity contribution is 0.0936. The third-order valence-electron chi connectivity index (χ3n) is 2.21. The number of hydrogen-bond acceptors (Lipinski definition) is 3. The number of amides is 1. The average Bonchev–Trinajstić information content (AvgIpc) is 2.22. The number of benzene rings is 1. The Hall–Kier alpha value is -1.55. The van der Waals surface area contributed by atoms with Crippen molar-refractivity contribution in [3.05, 3.63) is 29.3 Å². The van der Waals surface area contributed by atoms with Gasteiger partial charge < -0.3 is 15.8 Å². The second-order valence-corrected chi connectivity index (χ2v) is 3.27. The molecule has 0 saturated carbocycles. The number of hydrogen-bond donors (Lipinski definition) is 2. The number of carbonyl (C=O) groups is 1. The van der Waals surface area contributed by atoms with E-state index in [-0.39, 0.29) is 5.91 Å². The van der Waals surface area contributed by atoms with E-state index in [4.69, 9.17) is 10.5 Å². The molecule has 82 valence electrons. The fourth-order valence-corrected chi connectivity index (χ4v) is 1.26. The van der Waals surface area contributed by atoms with Gasteiger partial charge in [-0.15, -0.1) is 0 Å². The highest BCUT2D eigenvalue weighted by molar-refractivity contribution is 5.96. The van der Waals surface area contributed by atoms with E-state index in [1.807, 2.05) is 6.92 Å². The summed E-state index contributed by atoms with van der Waals surface area (Å²) in [5.74, 6) is -0.114. The van der Waals surface area contributed by atoms with Gasteiger partial charge in [0.2, 0.25) is 0 Å². The van der Waals surface area contributed by atoms with Crippen LogP contribution in [0, 0.1) is 6.92 Å². The van der Waals surface area contributed by atoms with Crippen LogP contribution in [-0.4, -0.2) is 26.2 Å². The van der Waals surface area contributed by atoms with E-state index in [0.29, 0.717) is 24.4 Å². The van der Waals surface area contributed by atoms with E-state index in [0.717, 1.165) is 5.56 Å². The molecule has 0 atom stereocenters. The number of nitrogens with one attached hydrogen (secondary N) is 1. The summed E-state index contributed by atoms with van der Waals surface area (Å²) in [6.45, 7) is 2.84. The van der Waals surface area contributed by atoms with Crippen molar-refractivity contribution in [2.45, 2.75) is 6.92 Å². The molecule has 1 aromatic carbocycles. The van der Waals surface area contributed by atoms with Crippen LogP contribution < -0.4 is 11.1 Å². The lowest BCUT2D eigenvalue weighted by Crippen LogP contribution is -2.27. The Morgan fingerprint density at radius 2 is 2.27 bits per heavy atom. The summed E-state index contributed by atoms with van der Waals surface area (Å²) in [7, 11) is 1.60. The highest BCUT2D eigenvalue weighted by atomic mass is 16.5. The SMILES string of the molecule is COCCNC(=O)c1cccc(N)c1C. The Kier molecular flexibility index (Phi) is 4.12. The van der Waals surface area contributed by atoms with Crippen molar-refractivity contribution < 1.29 is 9.53 Å². The molecule has 3 N–H and O–H groups in total. The summed E-state index contributed by atoms with van der Waals surface area (Å²) < 4.78 is 4.84. The second-order valence-electron chi connectivity index (χ2n) is 3.27. The molecule has 0 bridgehead atoms. The van der Waals surface area contributed by atoms with Gasteiger partial charge in [-0.25, -0.2) is 0 Å². The zero-order valence-corrected chi connectivity index (χ0v) is 9.04. The van der Waals surface area contributed by atoms with Crippen molar-refractivity contribution in [1.29, 1.82) is 0 Å². The first-order valence-electron chi connectivity index (χ1n) is 4.79. The Morgan fingerprint density at radius 3 is 2.93 bits per heavy atom. The quantitative estimate of drug-likeness (QED) is 0.572. The van der Waals surface area contributed by atoms with Gasteiger partial charge in [0, 0.05) is 24.9 Å². The van der Waals surface area contributed by atoms with E-state index < -0.39 is 0 Å². The molecule has 0 saturated heterocycles. The normalized spacial score (nSPS) is 10.0. The monoisotopic (exact) mass is 208 g/mol. The molecular formula is C11H16N2O2. The average molecular weight is 208 g/mol. The Bertz CT molecular complexity index is 350. The summed E-state index contributed by atoms with van der Waals surface area (Å²) in [6.07, 6.45) is 0. The molecule has 0 heterocycles. The van der Waals surface area contributed by atoms with Crippen LogP contribution in [-0.2, 0) is 4.74 Å². The molecule has 15 heavy (non-hydrogen) atoms. The Morgan fingerprint density at radius 1 is 1.53 bits per heavy atom. The van der Waals surface area contributed by atoms with E-state index in [1.165, 1.54) is 0 Å². The number of ether oxygens (including phenoxy) is 1. The summed E-state index contributed by atoms with van der Waals surface area (Å²) >= 11 is 0. The predicted molar refractivity (Wildman–Crippen MR) is 59.8 cm³/mol. The molecule has 0 aliphatic rings. The van der Waals surface area contributed by atoms with Gasteiger partial charge >= 0.3 is 0 Å². The summed E-state index contributed by atoms with van der Waals surface area (Å²) in [6, 6.07) is 5.31. The first-order valence-corrected chi connectivity index (χ1v) is 4.79. The van der Waals surface area contributed by atoms with Gasteiger partial charge in [0.05, 0.1) is 6.61 Å². The van der Waals surface area contributed by atoms with Crippen LogP contribution in [0.15, 0.2) is 18.2 Å². The summed E-state index contributed by atoms with van der Waals surface area (Å²) in [5, 5.41) is 2.75. The van der Waals surface area contributed by atoms with Crippen LogP contribution in [0.4, 0.5) is 5.69 Å². The fraction of sp³-hybridized carbons (Fsp3) is 0.364. The van der Waals surface area contributed by atoms with E-state index in [9.17, 15) is 4.79 Å². The van der Waals surface area contributed by atoms with Crippen molar-refractivity contribution in [1.82, 2.24) is 5.32 Å². The lowest BCUT2D eigenvalue weighted by atomic mass is 10.1. The summed E-state index contributed by atoms with van der Waals surface area (Å²) in [5.41, 5.74) is 7.77. The number of nitrogen functional groups attached to an aromatic ring is 1. The van der Waals surface area contributed by atoms with Gasteiger partial charge in [-0.2, -0.15) is 0 Å². The zero-order valence-electron chi connectivity index (χ0n) is 9.04. The molecule has 1 amide bonds. The maximum atomic E-state index is 11.7. The van der Waals surface area contributed by atoms with Crippen molar-refractivity contribution >= 4 is 11.6 Å². The van der Waals surface area contributed by atoms with Crippen molar-refractivity contribution in [2.24, 2.45) is 0 Å². The molecule has 0 radical (unpaired) electrons. The van der Waals surface area contributed by atoms with Gasteiger partial charge in [-0.1, -0.05) is 6.07 Å². The topological polar surface area (TPSA) is 64.3 Å². The Balaban J connectivity index is 2.69. The lowest BCUT2D eigenvalue weighted by Gasteiger charge is -2.08. The molecule has 4 nitrogen and oxygen atoms in total. The van der Waals surface area contributed by atoms with Gasteiger partial charge in [0.15, 0.2) is 0 Å². The standard InChI is InChI=1S/C11H16N2O2/c1-8-9(4-3-5-10(8)12)11(14)13-6-7-15-2/h3-5H,6-7,12H2,1-2H3,(H,13,14). The van der Waals surface area contributed by atoms with Crippen molar-refractivity contribution in [2.75, 3.05) is 26.0 Å². The van der Waals surface area contributed by atoms with Gasteiger partial charge in [0.1, 0.15) is 0 Å². The maximum absolute atomic E-state index is 11.7. The van der Waals surface area contributed by atoms with E-state index in [1.54, 1.807) is 25.3 Å². The number of rotatable bonds is 4. The summed E-state index contributed by atoms with van der Waals surface area (Å²) in [4.78, 5) is 11.7. The number of carbonyl (C=O) groups excluding carboxylic acids is 1. The molecule has 4 heteroatoms. The first-order chi connectivity index (χ1) is 7.16. The molecule has 0 fully saturated rings. The van der Waals surface area contributed by atoms with E-state index >= 15 is 0 Å². The van der Waals surface area contributed by atoms with Crippen molar-refractivity contribution in [3.63, 3.8) is 0 Å². The molecule has 0 aromatic heterocycles. The van der Waals surface area contributed by atoms with E-state index in [2.05, 4.69) is 5.32 Å². The van der Waals surface area contributed by atoms with Crippen LogP contribution >= 0.6 is 0 Å². The molecule has 1 aromatic rings. The van der Waals surface area contributed by atoms with Gasteiger partial charge in [-0.05, 0) is 24.6 Å². The minimum Gasteiger partial charge on any atom is -0.398 e. The molecule has 0 aliphatic carbocycles. The zero-order chi connectivity index (χ0) is 11.3. The molecule has 0 unspecified atom stereocenters. The van der Waals surface area contributed by atoms with Crippen LogP contribution in [0.25, 0.3) is 0 Å². The Labute approximate surface area is 89.4 Å².